The Morgan fingerprint density at radius 2 is 2.29 bits per heavy atom. The minimum atomic E-state index is -0.396. The summed E-state index contributed by atoms with van der Waals surface area (Å²) in [4.78, 5) is 12.9. The Bertz CT molecular complexity index is 487. The lowest BCUT2D eigenvalue weighted by Gasteiger charge is -2.35. The lowest BCUT2D eigenvalue weighted by Crippen LogP contribution is -2.46. The average molecular weight is 293 g/mol. The fourth-order valence-corrected chi connectivity index (χ4v) is 2.85. The van der Waals surface area contributed by atoms with Crippen LogP contribution in [0.5, 0.6) is 5.75 Å². The predicted octanol–water partition coefficient (Wildman–Crippen LogP) is 2.57. The molecule has 0 spiro atoms. The third-order valence-corrected chi connectivity index (χ3v) is 3.82. The van der Waals surface area contributed by atoms with Crippen molar-refractivity contribution in [1.29, 1.82) is 0 Å². The second-order valence-electron chi connectivity index (χ2n) is 5.13. The zero-order valence-electron chi connectivity index (χ0n) is 12.7. The molecule has 0 bridgehead atoms. The summed E-state index contributed by atoms with van der Waals surface area (Å²) in [5, 5.41) is 14.5. The Labute approximate surface area is 125 Å². The summed E-state index contributed by atoms with van der Waals surface area (Å²) in [6.45, 7) is 7.25. The van der Waals surface area contributed by atoms with E-state index in [0.717, 1.165) is 38.2 Å². The summed E-state index contributed by atoms with van der Waals surface area (Å²) in [5.41, 5.74) is 1.01. The highest BCUT2D eigenvalue weighted by Crippen LogP contribution is 2.33. The van der Waals surface area contributed by atoms with Gasteiger partial charge < -0.3 is 15.0 Å². The van der Waals surface area contributed by atoms with Crippen molar-refractivity contribution in [2.24, 2.45) is 0 Å². The van der Waals surface area contributed by atoms with E-state index in [4.69, 9.17) is 4.74 Å². The fourth-order valence-electron chi connectivity index (χ4n) is 2.85. The van der Waals surface area contributed by atoms with E-state index in [1.54, 1.807) is 12.1 Å². The van der Waals surface area contributed by atoms with Crippen LogP contribution in [0.1, 0.15) is 26.7 Å². The molecular formula is C15H23N3O3. The highest BCUT2D eigenvalue weighted by molar-refractivity contribution is 5.59. The molecule has 1 aromatic rings. The van der Waals surface area contributed by atoms with Gasteiger partial charge in [-0.3, -0.25) is 10.1 Å². The van der Waals surface area contributed by atoms with Crippen LogP contribution in [0.4, 0.5) is 11.4 Å². The Hall–Kier alpha value is -1.82. The molecule has 0 aromatic heterocycles. The largest absolute Gasteiger partial charge is 0.487 e. The Balaban J connectivity index is 2.28. The van der Waals surface area contributed by atoms with Gasteiger partial charge >= 0.3 is 5.69 Å². The Morgan fingerprint density at radius 3 is 2.86 bits per heavy atom. The maximum atomic E-state index is 11.1. The number of likely N-dealkylation sites (N-methyl/N-ethyl adjacent to an activating group) is 1. The first kappa shape index (κ1) is 15.6. The number of nitrogens with one attached hydrogen (secondary N) is 1. The SMILES string of the molecule is CCOc1cc(N(CC)C2CCCNC2)ccc1[N+](=O)[O-]. The van der Waals surface area contributed by atoms with Crippen LogP contribution in [0.25, 0.3) is 0 Å². The van der Waals surface area contributed by atoms with Crippen LogP contribution in [-0.4, -0.2) is 37.2 Å². The van der Waals surface area contributed by atoms with E-state index in [2.05, 4.69) is 17.1 Å². The second-order valence-corrected chi connectivity index (χ2v) is 5.13. The van der Waals surface area contributed by atoms with Crippen LogP contribution in [0.15, 0.2) is 18.2 Å². The van der Waals surface area contributed by atoms with Gasteiger partial charge in [0.05, 0.1) is 11.5 Å². The molecule has 6 nitrogen and oxygen atoms in total. The molecule has 6 heteroatoms. The number of hydrogen-bond acceptors (Lipinski definition) is 5. The van der Waals surface area contributed by atoms with Crippen molar-refractivity contribution >= 4 is 11.4 Å². The second kappa shape index (κ2) is 7.26. The highest BCUT2D eigenvalue weighted by atomic mass is 16.6. The van der Waals surface area contributed by atoms with Gasteiger partial charge in [-0.25, -0.2) is 0 Å². The molecule has 1 unspecified atom stereocenters. The molecule has 0 radical (unpaired) electrons. The monoisotopic (exact) mass is 293 g/mol. The van der Waals surface area contributed by atoms with Crippen LogP contribution in [0.3, 0.4) is 0 Å². The van der Waals surface area contributed by atoms with Gasteiger partial charge in [0.25, 0.3) is 0 Å². The van der Waals surface area contributed by atoms with Gasteiger partial charge in [-0.05, 0) is 39.3 Å². The summed E-state index contributed by atoms with van der Waals surface area (Å²) in [6, 6.07) is 5.58. The number of hydrogen-bond donors (Lipinski definition) is 1. The zero-order valence-corrected chi connectivity index (χ0v) is 12.7. The van der Waals surface area contributed by atoms with Gasteiger partial charge in [-0.2, -0.15) is 0 Å². The number of nitro groups is 1. The maximum absolute atomic E-state index is 11.1. The number of nitrogens with zero attached hydrogens (tertiary/aromatic N) is 2. The van der Waals surface area contributed by atoms with Crippen molar-refractivity contribution in [1.82, 2.24) is 5.32 Å². The van der Waals surface area contributed by atoms with Crippen LogP contribution in [0.2, 0.25) is 0 Å². The normalized spacial score (nSPS) is 18.3. The summed E-state index contributed by atoms with van der Waals surface area (Å²) >= 11 is 0. The van der Waals surface area contributed by atoms with E-state index >= 15 is 0 Å². The lowest BCUT2D eigenvalue weighted by atomic mass is 10.0. The molecule has 1 aromatic carbocycles. The van der Waals surface area contributed by atoms with Gasteiger partial charge in [0, 0.05) is 37.0 Å². The smallest absolute Gasteiger partial charge is 0.311 e. The van der Waals surface area contributed by atoms with Crippen molar-refractivity contribution in [3.05, 3.63) is 28.3 Å². The first-order chi connectivity index (χ1) is 10.2. The minimum Gasteiger partial charge on any atom is -0.487 e. The third kappa shape index (κ3) is 3.64. The molecule has 1 fully saturated rings. The van der Waals surface area contributed by atoms with Gasteiger partial charge in [0.15, 0.2) is 5.75 Å². The predicted molar refractivity (Wildman–Crippen MR) is 83.2 cm³/mol. The van der Waals surface area contributed by atoms with E-state index in [1.807, 2.05) is 13.0 Å². The minimum absolute atomic E-state index is 0.0263. The van der Waals surface area contributed by atoms with Crippen molar-refractivity contribution in [2.45, 2.75) is 32.7 Å². The maximum Gasteiger partial charge on any atom is 0.311 e. The van der Waals surface area contributed by atoms with Gasteiger partial charge in [-0.1, -0.05) is 0 Å². The van der Waals surface area contributed by atoms with E-state index < -0.39 is 4.92 Å². The van der Waals surface area contributed by atoms with Crippen LogP contribution in [0, 0.1) is 10.1 Å². The van der Waals surface area contributed by atoms with Crippen LogP contribution in [-0.2, 0) is 0 Å². The van der Waals surface area contributed by atoms with Crippen LogP contribution < -0.4 is 15.0 Å². The van der Waals surface area contributed by atoms with E-state index in [-0.39, 0.29) is 5.69 Å². The number of anilines is 1. The third-order valence-electron chi connectivity index (χ3n) is 3.82. The van der Waals surface area contributed by atoms with E-state index in [1.165, 1.54) is 0 Å². The molecule has 1 aliphatic heterocycles. The molecule has 0 amide bonds. The van der Waals surface area contributed by atoms with Crippen LogP contribution >= 0.6 is 0 Å². The van der Waals surface area contributed by atoms with Crippen molar-refractivity contribution in [3.8, 4) is 5.75 Å². The first-order valence-electron chi connectivity index (χ1n) is 7.56. The van der Waals surface area contributed by atoms with E-state index in [0.29, 0.717) is 18.4 Å². The Morgan fingerprint density at radius 1 is 1.48 bits per heavy atom. The summed E-state index contributed by atoms with van der Waals surface area (Å²) in [6.07, 6.45) is 2.30. The molecule has 0 saturated carbocycles. The molecule has 1 heterocycles. The van der Waals surface area contributed by atoms with Crippen molar-refractivity contribution < 1.29 is 9.66 Å². The molecule has 2 rings (SSSR count). The van der Waals surface area contributed by atoms with Gasteiger partial charge in [0.2, 0.25) is 0 Å². The quantitative estimate of drug-likeness (QED) is 0.645. The first-order valence-corrected chi connectivity index (χ1v) is 7.56. The number of benzene rings is 1. The summed E-state index contributed by atoms with van der Waals surface area (Å²) in [7, 11) is 0. The standard InChI is InChI=1S/C15H23N3O3/c1-3-17(13-6-5-9-16-11-13)12-7-8-14(18(19)20)15(10-12)21-4-2/h7-8,10,13,16H,3-6,9,11H2,1-2H3. The Kier molecular flexibility index (Phi) is 5.38. The number of nitro benzene ring substituents is 1. The van der Waals surface area contributed by atoms with Crippen molar-refractivity contribution in [2.75, 3.05) is 31.1 Å². The molecular weight excluding hydrogens is 270 g/mol. The number of piperidine rings is 1. The van der Waals surface area contributed by atoms with Crippen molar-refractivity contribution in [3.63, 3.8) is 0 Å². The zero-order chi connectivity index (χ0) is 15.2. The molecule has 1 N–H and O–H groups in total. The molecule has 21 heavy (non-hydrogen) atoms. The molecule has 0 aliphatic carbocycles. The fraction of sp³-hybridized carbons (Fsp3) is 0.600. The lowest BCUT2D eigenvalue weighted by molar-refractivity contribution is -0.385. The molecule has 1 atom stereocenters. The summed E-state index contributed by atoms with van der Waals surface area (Å²) < 4.78 is 5.44. The topological polar surface area (TPSA) is 67.6 Å². The highest BCUT2D eigenvalue weighted by Gasteiger charge is 2.23. The molecule has 116 valence electrons. The molecule has 1 aliphatic rings. The number of rotatable bonds is 6. The average Bonchev–Trinajstić information content (AvgIpc) is 2.49. The molecule has 1 saturated heterocycles. The van der Waals surface area contributed by atoms with Gasteiger partial charge in [-0.15, -0.1) is 0 Å². The number of ether oxygens (including phenoxy) is 1. The van der Waals surface area contributed by atoms with Gasteiger partial charge in [0.1, 0.15) is 0 Å². The van der Waals surface area contributed by atoms with E-state index in [9.17, 15) is 10.1 Å². The summed E-state index contributed by atoms with van der Waals surface area (Å²) in [5.74, 6) is 0.349.